The van der Waals surface area contributed by atoms with Crippen LogP contribution in [0.1, 0.15) is 50.7 Å². The maximum atomic E-state index is 12.6. The topological polar surface area (TPSA) is 88.5 Å². The zero-order valence-corrected chi connectivity index (χ0v) is 14.9. The van der Waals surface area contributed by atoms with Gasteiger partial charge in [0, 0.05) is 6.20 Å². The van der Waals surface area contributed by atoms with E-state index < -0.39 is 0 Å². The van der Waals surface area contributed by atoms with E-state index in [1.165, 1.54) is 18.3 Å². The minimum absolute atomic E-state index is 0.0558. The van der Waals surface area contributed by atoms with E-state index in [2.05, 4.69) is 10.3 Å². The van der Waals surface area contributed by atoms with Crippen molar-refractivity contribution in [2.45, 2.75) is 31.9 Å². The van der Waals surface area contributed by atoms with Crippen LogP contribution in [0.5, 0.6) is 5.75 Å². The van der Waals surface area contributed by atoms with E-state index in [0.29, 0.717) is 28.3 Å². The van der Waals surface area contributed by atoms with E-state index in [-0.39, 0.29) is 29.8 Å². The number of nitrogens with zero attached hydrogens (tertiary/aromatic N) is 1. The molecule has 6 nitrogen and oxygen atoms in total. The van der Waals surface area contributed by atoms with Crippen molar-refractivity contribution in [3.8, 4) is 5.75 Å². The Balaban J connectivity index is 1.81. The van der Waals surface area contributed by atoms with Crippen molar-refractivity contribution in [1.82, 2.24) is 10.3 Å². The molecule has 0 saturated heterocycles. The molecule has 1 unspecified atom stereocenters. The van der Waals surface area contributed by atoms with Gasteiger partial charge in [-0.05, 0) is 49.4 Å². The molecule has 2 aromatic heterocycles. The van der Waals surface area contributed by atoms with Crippen molar-refractivity contribution < 1.29 is 19.4 Å². The number of amides is 1. The first-order valence-corrected chi connectivity index (χ1v) is 8.88. The van der Waals surface area contributed by atoms with E-state index in [0.717, 1.165) is 5.56 Å². The normalized spacial score (nSPS) is 20.4. The van der Waals surface area contributed by atoms with Gasteiger partial charge in [0.2, 0.25) is 0 Å². The summed E-state index contributed by atoms with van der Waals surface area (Å²) in [6.07, 6.45) is 4.25. The number of aliphatic hydroxyl groups is 1. The predicted molar refractivity (Wildman–Crippen MR) is 94.1 cm³/mol. The van der Waals surface area contributed by atoms with Gasteiger partial charge in [-0.2, -0.15) is 0 Å². The van der Waals surface area contributed by atoms with Crippen molar-refractivity contribution >= 4 is 23.0 Å². The van der Waals surface area contributed by atoms with Gasteiger partial charge in [0.1, 0.15) is 5.75 Å². The van der Waals surface area contributed by atoms with Crippen LogP contribution in [0.2, 0.25) is 0 Å². The van der Waals surface area contributed by atoms with Crippen LogP contribution >= 0.6 is 11.3 Å². The number of aromatic nitrogens is 1. The molecule has 0 aromatic carbocycles. The third-order valence-electron chi connectivity index (χ3n) is 4.41. The van der Waals surface area contributed by atoms with Crippen molar-refractivity contribution in [1.29, 1.82) is 0 Å². The van der Waals surface area contributed by atoms with Crippen LogP contribution in [0.25, 0.3) is 0 Å². The summed E-state index contributed by atoms with van der Waals surface area (Å²) >= 11 is 1.18. The van der Waals surface area contributed by atoms with Gasteiger partial charge in [0.25, 0.3) is 5.91 Å². The first-order chi connectivity index (χ1) is 12.0. The highest BCUT2D eigenvalue weighted by Gasteiger charge is 2.36. The highest BCUT2D eigenvalue weighted by atomic mass is 32.1. The zero-order valence-electron chi connectivity index (χ0n) is 14.1. The number of hydrogen-bond donors (Lipinski definition) is 2. The van der Waals surface area contributed by atoms with Gasteiger partial charge in [0.15, 0.2) is 5.78 Å². The Kier molecular flexibility index (Phi) is 5.15. The monoisotopic (exact) mass is 360 g/mol. The first-order valence-electron chi connectivity index (χ1n) is 8.06. The minimum atomic E-state index is -0.325. The summed E-state index contributed by atoms with van der Waals surface area (Å²) in [5.41, 5.74) is 0.841. The first kappa shape index (κ1) is 17.6. The fraction of sp³-hybridized carbons (Fsp3) is 0.389. The number of nitrogens with one attached hydrogen (secondary N) is 1. The van der Waals surface area contributed by atoms with E-state index in [1.54, 1.807) is 31.6 Å². The molecule has 0 bridgehead atoms. The van der Waals surface area contributed by atoms with Gasteiger partial charge in [-0.25, -0.2) is 0 Å². The van der Waals surface area contributed by atoms with Crippen LogP contribution in [0.4, 0.5) is 0 Å². The summed E-state index contributed by atoms with van der Waals surface area (Å²) in [7, 11) is 1.57. The number of thiophene rings is 1. The standard InChI is InChI=1S/C18H20N2O4S/c1-10(21)15-3-4-16(25-15)18(23)20-17(11-5-13(22)6-11)12-7-14(24-2)9-19-8-12/h3-4,7-9,11,13,17,22H,5-6H2,1-2H3,(H,20,23). The molecular formula is C18H20N2O4S. The van der Waals surface area contributed by atoms with E-state index in [4.69, 9.17) is 4.74 Å². The van der Waals surface area contributed by atoms with Gasteiger partial charge in [-0.15, -0.1) is 11.3 Å². The van der Waals surface area contributed by atoms with E-state index >= 15 is 0 Å². The lowest BCUT2D eigenvalue weighted by Crippen LogP contribution is -2.41. The molecule has 25 heavy (non-hydrogen) atoms. The summed E-state index contributed by atoms with van der Waals surface area (Å²) in [6.45, 7) is 1.48. The third-order valence-corrected chi connectivity index (χ3v) is 5.60. The number of rotatable bonds is 6. The average molecular weight is 360 g/mol. The van der Waals surface area contributed by atoms with Gasteiger partial charge < -0.3 is 15.2 Å². The van der Waals surface area contributed by atoms with Crippen LogP contribution in [-0.4, -0.2) is 35.0 Å². The molecule has 1 aliphatic carbocycles. The van der Waals surface area contributed by atoms with Crippen molar-refractivity contribution in [2.75, 3.05) is 7.11 Å². The quantitative estimate of drug-likeness (QED) is 0.773. The van der Waals surface area contributed by atoms with Gasteiger partial charge in [-0.1, -0.05) is 0 Å². The molecular weight excluding hydrogens is 340 g/mol. The summed E-state index contributed by atoms with van der Waals surface area (Å²) in [6, 6.07) is 4.91. The lowest BCUT2D eigenvalue weighted by molar-refractivity contribution is 0.0235. The third kappa shape index (κ3) is 3.88. The molecule has 3 rings (SSSR count). The maximum absolute atomic E-state index is 12.6. The molecule has 1 atom stereocenters. The molecule has 132 valence electrons. The summed E-state index contributed by atoms with van der Waals surface area (Å²) in [5.74, 6) is 0.470. The number of ketones is 1. The number of carbonyl (C=O) groups excluding carboxylic acids is 2. The molecule has 2 heterocycles. The number of hydrogen-bond acceptors (Lipinski definition) is 6. The molecule has 2 aromatic rings. The molecule has 1 saturated carbocycles. The van der Waals surface area contributed by atoms with E-state index in [1.807, 2.05) is 6.07 Å². The Bertz CT molecular complexity index is 783. The molecule has 1 amide bonds. The number of carbonyl (C=O) groups is 2. The second kappa shape index (κ2) is 7.33. The Morgan fingerprint density at radius 2 is 2.04 bits per heavy atom. The number of Topliss-reactive ketones (excluding diaryl/α,β-unsaturated/α-hetero) is 1. The lowest BCUT2D eigenvalue weighted by atomic mass is 9.75. The predicted octanol–water partition coefficient (Wildman–Crippen LogP) is 2.60. The molecule has 0 spiro atoms. The minimum Gasteiger partial charge on any atom is -0.495 e. The van der Waals surface area contributed by atoms with Crippen molar-refractivity contribution in [2.24, 2.45) is 5.92 Å². The smallest absolute Gasteiger partial charge is 0.261 e. The second-order valence-corrected chi connectivity index (χ2v) is 7.30. The number of aliphatic hydroxyl groups excluding tert-OH is 1. The number of methoxy groups -OCH3 is 1. The maximum Gasteiger partial charge on any atom is 0.261 e. The number of pyridine rings is 1. The highest BCUT2D eigenvalue weighted by Crippen LogP contribution is 2.38. The Labute approximate surface area is 149 Å². The SMILES string of the molecule is COc1cncc(C(NC(=O)c2ccc(C(C)=O)s2)C2CC(O)C2)c1. The highest BCUT2D eigenvalue weighted by molar-refractivity contribution is 7.15. The van der Waals surface area contributed by atoms with Crippen molar-refractivity contribution in [3.63, 3.8) is 0 Å². The van der Waals surface area contributed by atoms with Gasteiger partial charge in [-0.3, -0.25) is 14.6 Å². The Morgan fingerprint density at radius 3 is 2.64 bits per heavy atom. The largest absolute Gasteiger partial charge is 0.495 e. The zero-order chi connectivity index (χ0) is 18.0. The van der Waals surface area contributed by atoms with Crippen molar-refractivity contribution in [3.05, 3.63) is 45.9 Å². The average Bonchev–Trinajstić information content (AvgIpc) is 3.07. The molecule has 1 fully saturated rings. The van der Waals surface area contributed by atoms with Crippen LogP contribution in [0, 0.1) is 5.92 Å². The fourth-order valence-corrected chi connectivity index (χ4v) is 3.76. The van der Waals surface area contributed by atoms with Crippen LogP contribution < -0.4 is 10.1 Å². The molecule has 1 aliphatic rings. The second-order valence-electron chi connectivity index (χ2n) is 6.21. The fourth-order valence-electron chi connectivity index (χ4n) is 2.95. The van der Waals surface area contributed by atoms with Crippen LogP contribution in [0.3, 0.4) is 0 Å². The Morgan fingerprint density at radius 1 is 1.32 bits per heavy atom. The lowest BCUT2D eigenvalue weighted by Gasteiger charge is -2.38. The Hall–Kier alpha value is -2.25. The molecule has 2 N–H and O–H groups in total. The van der Waals surface area contributed by atoms with Gasteiger partial charge >= 0.3 is 0 Å². The molecule has 0 aliphatic heterocycles. The summed E-state index contributed by atoms with van der Waals surface area (Å²) in [5, 5.41) is 12.7. The number of ether oxygens (including phenoxy) is 1. The van der Waals surface area contributed by atoms with E-state index in [9.17, 15) is 14.7 Å². The van der Waals surface area contributed by atoms with Crippen LogP contribution in [0.15, 0.2) is 30.6 Å². The summed E-state index contributed by atoms with van der Waals surface area (Å²) in [4.78, 5) is 29.3. The van der Waals surface area contributed by atoms with Gasteiger partial charge in [0.05, 0.1) is 35.2 Å². The summed E-state index contributed by atoms with van der Waals surface area (Å²) < 4.78 is 5.22. The molecule has 0 radical (unpaired) electrons. The van der Waals surface area contributed by atoms with Crippen LogP contribution in [-0.2, 0) is 0 Å². The molecule has 7 heteroatoms.